The molecule has 0 saturated heterocycles. The lowest BCUT2D eigenvalue weighted by Crippen LogP contribution is -2.47. The van der Waals surface area contributed by atoms with Crippen LogP contribution in [0.15, 0.2) is 29.3 Å². The summed E-state index contributed by atoms with van der Waals surface area (Å²) < 4.78 is 12.8. The van der Waals surface area contributed by atoms with Crippen LogP contribution in [0.25, 0.3) is 0 Å². The zero-order valence-electron chi connectivity index (χ0n) is 16.3. The predicted octanol–water partition coefficient (Wildman–Crippen LogP) is 2.03. The number of fused-ring (bicyclic) bond motifs is 1. The molecule has 0 spiro atoms. The molecule has 1 aliphatic rings. The molecule has 2 N–H and O–H groups in total. The fourth-order valence-corrected chi connectivity index (χ4v) is 3.25. The van der Waals surface area contributed by atoms with Gasteiger partial charge in [0.05, 0.1) is 18.1 Å². The smallest absolute Gasteiger partial charge is 0.191 e. The number of nitrogens with zero attached hydrogens (tertiary/aromatic N) is 4. The van der Waals surface area contributed by atoms with E-state index < -0.39 is 0 Å². The number of hydrogen-bond donors (Lipinski definition) is 2. The molecule has 0 saturated carbocycles. The molecule has 2 aromatic rings. The Hall–Kier alpha value is -2.32. The van der Waals surface area contributed by atoms with Gasteiger partial charge in [0.25, 0.3) is 0 Å². The second kappa shape index (κ2) is 10.3. The van der Waals surface area contributed by atoms with Crippen LogP contribution in [0.5, 0.6) is 5.75 Å². The van der Waals surface area contributed by atoms with Crippen molar-refractivity contribution in [2.24, 2.45) is 4.99 Å². The molecule has 8 nitrogen and oxygen atoms in total. The molecule has 152 valence electrons. The Balaban J connectivity index is 1.52. The van der Waals surface area contributed by atoms with Gasteiger partial charge in [0.1, 0.15) is 24.8 Å². The maximum Gasteiger partial charge on any atom is 0.191 e. The van der Waals surface area contributed by atoms with Gasteiger partial charge in [0, 0.05) is 26.1 Å². The van der Waals surface area contributed by atoms with Gasteiger partial charge in [0.2, 0.25) is 0 Å². The predicted molar refractivity (Wildman–Crippen MR) is 109 cm³/mol. The zero-order valence-corrected chi connectivity index (χ0v) is 17.1. The van der Waals surface area contributed by atoms with E-state index in [-0.39, 0.29) is 6.04 Å². The second-order valence-electron chi connectivity index (χ2n) is 6.48. The Kier molecular flexibility index (Phi) is 7.50. The maximum absolute atomic E-state index is 6.10. The van der Waals surface area contributed by atoms with Crippen LogP contribution in [0, 0.1) is 0 Å². The minimum absolute atomic E-state index is 0.242. The van der Waals surface area contributed by atoms with Crippen LogP contribution in [-0.4, -0.2) is 53.6 Å². The van der Waals surface area contributed by atoms with E-state index in [1.54, 1.807) is 7.11 Å². The summed E-state index contributed by atoms with van der Waals surface area (Å²) in [6.07, 6.45) is 1.86. The number of nitrogens with one attached hydrogen (secondary N) is 2. The van der Waals surface area contributed by atoms with Gasteiger partial charge in [-0.3, -0.25) is 0 Å². The van der Waals surface area contributed by atoms with E-state index >= 15 is 0 Å². The molecule has 9 heteroatoms. The van der Waals surface area contributed by atoms with E-state index in [0.717, 1.165) is 43.5 Å². The maximum atomic E-state index is 6.10. The number of guanidine groups is 1. The van der Waals surface area contributed by atoms with Crippen molar-refractivity contribution in [3.63, 3.8) is 0 Å². The average Bonchev–Trinajstić information content (AvgIpc) is 3.08. The van der Waals surface area contributed by atoms with Gasteiger partial charge in [-0.05, 0) is 25.5 Å². The molecular weight excluding hydrogens is 380 g/mol. The largest absolute Gasteiger partial charge is 0.490 e. The number of aromatic nitrogens is 3. The fourth-order valence-electron chi connectivity index (χ4n) is 3.06. The van der Waals surface area contributed by atoms with Gasteiger partial charge < -0.3 is 20.1 Å². The van der Waals surface area contributed by atoms with E-state index in [1.807, 2.05) is 35.9 Å². The highest BCUT2D eigenvalue weighted by Crippen LogP contribution is 2.22. The summed E-state index contributed by atoms with van der Waals surface area (Å²) in [5.74, 6) is 3.20. The Morgan fingerprint density at radius 3 is 3.04 bits per heavy atom. The highest BCUT2D eigenvalue weighted by Gasteiger charge is 2.22. The van der Waals surface area contributed by atoms with Gasteiger partial charge in [-0.15, -0.1) is 0 Å². The molecule has 1 aromatic heterocycles. The van der Waals surface area contributed by atoms with Crippen LogP contribution in [0.2, 0.25) is 5.02 Å². The van der Waals surface area contributed by atoms with Crippen molar-refractivity contribution in [3.05, 3.63) is 40.9 Å². The number of halogens is 1. The van der Waals surface area contributed by atoms with Crippen LogP contribution in [0.3, 0.4) is 0 Å². The van der Waals surface area contributed by atoms with Crippen LogP contribution >= 0.6 is 11.6 Å². The Bertz CT molecular complexity index is 794. The van der Waals surface area contributed by atoms with Crippen LogP contribution in [0.1, 0.15) is 25.0 Å². The number of hydrogen-bond acceptors (Lipinski definition) is 5. The minimum Gasteiger partial charge on any atom is -0.490 e. The minimum atomic E-state index is 0.242. The number of rotatable bonds is 8. The van der Waals surface area contributed by atoms with Crippen molar-refractivity contribution in [2.45, 2.75) is 39.0 Å². The van der Waals surface area contributed by atoms with Crippen molar-refractivity contribution in [2.75, 3.05) is 26.8 Å². The topological polar surface area (TPSA) is 85.6 Å². The summed E-state index contributed by atoms with van der Waals surface area (Å²) in [4.78, 5) is 9.12. The van der Waals surface area contributed by atoms with E-state index in [1.165, 1.54) is 0 Å². The summed E-state index contributed by atoms with van der Waals surface area (Å²) in [6.45, 7) is 5.01. The van der Waals surface area contributed by atoms with E-state index in [0.29, 0.717) is 30.5 Å². The highest BCUT2D eigenvalue weighted by molar-refractivity contribution is 6.32. The summed E-state index contributed by atoms with van der Waals surface area (Å²) in [5.41, 5.74) is 0. The standard InChI is InChI=1S/C19H27ClN6O2/c1-3-21-19(22-10-11-28-16-7-5-4-6-15(16)20)23-14-8-9-18-24-17(13-27-2)25-26(18)12-14/h4-7,14H,3,8-13H2,1-2H3,(H2,21,22,23). The molecule has 0 fully saturated rings. The number of aryl methyl sites for hydroxylation is 1. The lowest BCUT2D eigenvalue weighted by Gasteiger charge is -2.25. The third-order valence-electron chi connectivity index (χ3n) is 4.32. The number of ether oxygens (including phenoxy) is 2. The molecule has 1 aromatic carbocycles. The number of benzene rings is 1. The van der Waals surface area contributed by atoms with Gasteiger partial charge in [-0.25, -0.2) is 14.7 Å². The fraction of sp³-hybridized carbons (Fsp3) is 0.526. The van der Waals surface area contributed by atoms with E-state index in [9.17, 15) is 0 Å². The summed E-state index contributed by atoms with van der Waals surface area (Å²) in [6, 6.07) is 7.68. The third kappa shape index (κ3) is 5.59. The van der Waals surface area contributed by atoms with Gasteiger partial charge in [-0.1, -0.05) is 23.7 Å². The first-order chi connectivity index (χ1) is 13.7. The van der Waals surface area contributed by atoms with Crippen LogP contribution < -0.4 is 15.4 Å². The van der Waals surface area contributed by atoms with Gasteiger partial charge in [-0.2, -0.15) is 5.10 Å². The molecule has 0 bridgehead atoms. The lowest BCUT2D eigenvalue weighted by molar-refractivity contribution is 0.177. The first kappa shape index (κ1) is 20.4. The average molecular weight is 407 g/mol. The van der Waals surface area contributed by atoms with Crippen LogP contribution in [0.4, 0.5) is 0 Å². The van der Waals surface area contributed by atoms with Crippen molar-refractivity contribution >= 4 is 17.6 Å². The Labute approximate surface area is 170 Å². The Morgan fingerprint density at radius 1 is 1.39 bits per heavy atom. The Morgan fingerprint density at radius 2 is 2.25 bits per heavy atom. The van der Waals surface area contributed by atoms with E-state index in [4.69, 9.17) is 21.1 Å². The van der Waals surface area contributed by atoms with Crippen molar-refractivity contribution in [3.8, 4) is 5.75 Å². The number of para-hydroxylation sites is 1. The van der Waals surface area contributed by atoms with E-state index in [2.05, 4.69) is 25.7 Å². The normalized spacial score (nSPS) is 16.5. The summed E-state index contributed by atoms with van der Waals surface area (Å²) >= 11 is 6.10. The molecule has 0 aliphatic carbocycles. The lowest BCUT2D eigenvalue weighted by atomic mass is 10.1. The molecule has 28 heavy (non-hydrogen) atoms. The first-order valence-electron chi connectivity index (χ1n) is 9.53. The molecule has 1 atom stereocenters. The second-order valence-corrected chi connectivity index (χ2v) is 6.89. The van der Waals surface area contributed by atoms with Crippen molar-refractivity contribution in [1.82, 2.24) is 25.4 Å². The number of aliphatic imine (C=N–C) groups is 1. The molecular formula is C19H27ClN6O2. The molecule has 2 heterocycles. The third-order valence-corrected chi connectivity index (χ3v) is 4.63. The quantitative estimate of drug-likeness (QED) is 0.396. The monoisotopic (exact) mass is 406 g/mol. The van der Waals surface area contributed by atoms with Crippen molar-refractivity contribution in [1.29, 1.82) is 0 Å². The SMILES string of the molecule is CCNC(=NCCOc1ccccc1Cl)NC1CCc2nc(COC)nn2C1. The number of methoxy groups -OCH3 is 1. The van der Waals surface area contributed by atoms with Crippen molar-refractivity contribution < 1.29 is 9.47 Å². The summed E-state index contributed by atoms with van der Waals surface area (Å²) in [7, 11) is 1.65. The molecule has 0 amide bonds. The van der Waals surface area contributed by atoms with Crippen LogP contribution in [-0.2, 0) is 24.3 Å². The van der Waals surface area contributed by atoms with Gasteiger partial charge in [0.15, 0.2) is 11.8 Å². The first-order valence-corrected chi connectivity index (χ1v) is 9.91. The van der Waals surface area contributed by atoms with Gasteiger partial charge >= 0.3 is 0 Å². The molecule has 1 unspecified atom stereocenters. The molecule has 3 rings (SSSR count). The molecule has 1 aliphatic heterocycles. The highest BCUT2D eigenvalue weighted by atomic mass is 35.5. The molecule has 0 radical (unpaired) electrons. The zero-order chi connectivity index (χ0) is 19.8. The summed E-state index contributed by atoms with van der Waals surface area (Å²) in [5, 5.41) is 11.9.